The molecule has 1 heterocycles. The Labute approximate surface area is 144 Å². The summed E-state index contributed by atoms with van der Waals surface area (Å²) in [5.74, 6) is -0.265. The van der Waals surface area contributed by atoms with Gasteiger partial charge in [-0.15, -0.1) is 0 Å². The molecule has 2 unspecified atom stereocenters. The Kier molecular flexibility index (Phi) is 4.56. The van der Waals surface area contributed by atoms with Crippen molar-refractivity contribution < 1.29 is 9.90 Å². The first-order valence-corrected chi connectivity index (χ1v) is 8.47. The molecular formula is C17H21N3O3S. The molecule has 1 amide bonds. The number of fused-ring (bicyclic) bond motifs is 1. The molecule has 3 rings (SSSR count). The van der Waals surface area contributed by atoms with Gasteiger partial charge >= 0.3 is 0 Å². The molecule has 1 saturated carbocycles. The minimum Gasteiger partial charge on any atom is -0.396 e. The Hall–Kier alpha value is -1.99. The Morgan fingerprint density at radius 2 is 2.25 bits per heavy atom. The highest BCUT2D eigenvalue weighted by molar-refractivity contribution is 7.71. The van der Waals surface area contributed by atoms with Crippen LogP contribution in [0.1, 0.15) is 26.2 Å². The number of amides is 1. The summed E-state index contributed by atoms with van der Waals surface area (Å²) in [6.45, 7) is 1.88. The van der Waals surface area contributed by atoms with Crippen LogP contribution in [0.25, 0.3) is 10.9 Å². The zero-order valence-corrected chi connectivity index (χ0v) is 14.4. The van der Waals surface area contributed by atoms with Gasteiger partial charge in [-0.2, -0.15) is 0 Å². The molecule has 0 radical (unpaired) electrons. The highest BCUT2D eigenvalue weighted by Gasteiger charge is 2.39. The van der Waals surface area contributed by atoms with Gasteiger partial charge in [0.2, 0.25) is 5.91 Å². The van der Waals surface area contributed by atoms with Gasteiger partial charge in [-0.05, 0) is 37.2 Å². The van der Waals surface area contributed by atoms with Crippen LogP contribution in [-0.2, 0) is 11.3 Å². The van der Waals surface area contributed by atoms with Gasteiger partial charge in [-0.25, -0.2) is 0 Å². The second kappa shape index (κ2) is 6.49. The molecule has 1 aromatic heterocycles. The number of aliphatic hydroxyl groups is 1. The van der Waals surface area contributed by atoms with Crippen molar-refractivity contribution in [1.82, 2.24) is 14.9 Å². The summed E-state index contributed by atoms with van der Waals surface area (Å²) in [5, 5.41) is 13.0. The predicted molar refractivity (Wildman–Crippen MR) is 94.4 cm³/mol. The number of benzene rings is 1. The third-order valence-electron chi connectivity index (χ3n) is 4.97. The van der Waals surface area contributed by atoms with E-state index in [0.717, 1.165) is 19.3 Å². The van der Waals surface area contributed by atoms with Crippen LogP contribution in [0.5, 0.6) is 0 Å². The van der Waals surface area contributed by atoms with Crippen molar-refractivity contribution in [3.8, 4) is 0 Å². The van der Waals surface area contributed by atoms with Gasteiger partial charge in [0.1, 0.15) is 6.54 Å². The standard InChI is InChI=1S/C17H21N3O3S/c1-17(10-21)8-4-7-13(17)19-14(22)9-20-15(23)11-5-2-3-6-12(11)18-16(20)24/h2-3,5-6,13,21H,4,7-10H2,1H3,(H,18,24)(H,19,22). The molecule has 0 aliphatic heterocycles. The van der Waals surface area contributed by atoms with E-state index in [1.54, 1.807) is 18.2 Å². The maximum Gasteiger partial charge on any atom is 0.262 e. The van der Waals surface area contributed by atoms with Gasteiger partial charge in [0.15, 0.2) is 4.77 Å². The van der Waals surface area contributed by atoms with Gasteiger partial charge in [-0.1, -0.05) is 25.5 Å². The summed E-state index contributed by atoms with van der Waals surface area (Å²) >= 11 is 5.22. The number of hydrogen-bond donors (Lipinski definition) is 3. The zero-order valence-electron chi connectivity index (χ0n) is 13.5. The highest BCUT2D eigenvalue weighted by Crippen LogP contribution is 2.37. The molecule has 3 N–H and O–H groups in total. The summed E-state index contributed by atoms with van der Waals surface area (Å²) in [7, 11) is 0. The molecule has 6 nitrogen and oxygen atoms in total. The molecule has 1 aromatic carbocycles. The van der Waals surface area contributed by atoms with E-state index in [1.807, 2.05) is 13.0 Å². The van der Waals surface area contributed by atoms with Crippen molar-refractivity contribution in [2.45, 2.75) is 38.8 Å². The van der Waals surface area contributed by atoms with Crippen molar-refractivity contribution in [3.63, 3.8) is 0 Å². The molecular weight excluding hydrogens is 326 g/mol. The van der Waals surface area contributed by atoms with Gasteiger partial charge in [0, 0.05) is 11.5 Å². The average molecular weight is 347 g/mol. The lowest BCUT2D eigenvalue weighted by atomic mass is 9.86. The van der Waals surface area contributed by atoms with Crippen LogP contribution in [0, 0.1) is 10.2 Å². The van der Waals surface area contributed by atoms with E-state index in [9.17, 15) is 14.7 Å². The number of H-pyrrole nitrogens is 1. The van der Waals surface area contributed by atoms with Crippen LogP contribution in [0.15, 0.2) is 29.1 Å². The third-order valence-corrected chi connectivity index (χ3v) is 5.29. The SMILES string of the molecule is CC1(CO)CCCC1NC(=O)Cn1c(=S)[nH]c2ccccc2c1=O. The highest BCUT2D eigenvalue weighted by atomic mass is 32.1. The minimum absolute atomic E-state index is 0.0356. The van der Waals surface area contributed by atoms with Crippen molar-refractivity contribution in [1.29, 1.82) is 0 Å². The van der Waals surface area contributed by atoms with E-state index in [4.69, 9.17) is 12.2 Å². The molecule has 0 bridgehead atoms. The zero-order chi connectivity index (χ0) is 17.3. The number of nitrogens with zero attached hydrogens (tertiary/aromatic N) is 1. The van der Waals surface area contributed by atoms with Crippen LogP contribution < -0.4 is 10.9 Å². The maximum absolute atomic E-state index is 12.6. The fraction of sp³-hybridized carbons (Fsp3) is 0.471. The van der Waals surface area contributed by atoms with Gasteiger partial charge < -0.3 is 15.4 Å². The number of carbonyl (C=O) groups excluding carboxylic acids is 1. The van der Waals surface area contributed by atoms with Crippen LogP contribution in [0.3, 0.4) is 0 Å². The molecule has 1 fully saturated rings. The molecule has 0 saturated heterocycles. The first-order valence-electron chi connectivity index (χ1n) is 8.07. The van der Waals surface area contributed by atoms with Crippen molar-refractivity contribution in [3.05, 3.63) is 39.4 Å². The summed E-state index contributed by atoms with van der Waals surface area (Å²) in [6, 6.07) is 7.00. The number of aliphatic hydroxyl groups excluding tert-OH is 1. The van der Waals surface area contributed by atoms with Crippen molar-refractivity contribution >= 4 is 29.0 Å². The van der Waals surface area contributed by atoms with Gasteiger partial charge in [0.05, 0.1) is 17.5 Å². The number of para-hydroxylation sites is 1. The van der Waals surface area contributed by atoms with E-state index in [-0.39, 0.29) is 40.8 Å². The van der Waals surface area contributed by atoms with Crippen LogP contribution in [-0.4, -0.2) is 33.2 Å². The number of nitrogens with one attached hydrogen (secondary N) is 2. The van der Waals surface area contributed by atoms with Crippen molar-refractivity contribution in [2.75, 3.05) is 6.61 Å². The molecule has 24 heavy (non-hydrogen) atoms. The topological polar surface area (TPSA) is 87.1 Å². The lowest BCUT2D eigenvalue weighted by Gasteiger charge is -2.30. The third kappa shape index (κ3) is 3.01. The summed E-state index contributed by atoms with van der Waals surface area (Å²) < 4.78 is 1.50. The lowest BCUT2D eigenvalue weighted by molar-refractivity contribution is -0.123. The Morgan fingerprint density at radius 1 is 1.50 bits per heavy atom. The quantitative estimate of drug-likeness (QED) is 0.735. The average Bonchev–Trinajstić information content (AvgIpc) is 2.93. The number of carbonyl (C=O) groups is 1. The second-order valence-electron chi connectivity index (χ2n) is 6.69. The van der Waals surface area contributed by atoms with Gasteiger partial charge in [0.25, 0.3) is 5.56 Å². The van der Waals surface area contributed by atoms with Gasteiger partial charge in [-0.3, -0.25) is 14.2 Å². The van der Waals surface area contributed by atoms with Crippen molar-refractivity contribution in [2.24, 2.45) is 5.41 Å². The smallest absolute Gasteiger partial charge is 0.262 e. The summed E-state index contributed by atoms with van der Waals surface area (Å²) in [6.07, 6.45) is 2.69. The fourth-order valence-electron chi connectivity index (χ4n) is 3.39. The van der Waals surface area contributed by atoms with E-state index in [1.165, 1.54) is 4.57 Å². The van der Waals surface area contributed by atoms with E-state index in [2.05, 4.69) is 10.3 Å². The van der Waals surface area contributed by atoms with E-state index in [0.29, 0.717) is 10.9 Å². The minimum atomic E-state index is -0.299. The Morgan fingerprint density at radius 3 is 3.00 bits per heavy atom. The largest absolute Gasteiger partial charge is 0.396 e. The first kappa shape index (κ1) is 16.9. The molecule has 0 spiro atoms. The Balaban J connectivity index is 1.84. The summed E-state index contributed by atoms with van der Waals surface area (Å²) in [4.78, 5) is 27.9. The number of hydrogen-bond acceptors (Lipinski definition) is 4. The number of aromatic amines is 1. The molecule has 1 aliphatic rings. The molecule has 7 heteroatoms. The molecule has 2 atom stereocenters. The second-order valence-corrected chi connectivity index (χ2v) is 7.08. The van der Waals surface area contributed by atoms with Crippen LogP contribution in [0.4, 0.5) is 0 Å². The molecule has 2 aromatic rings. The summed E-state index contributed by atoms with van der Waals surface area (Å²) in [5.41, 5.74) is 0.0843. The molecule has 1 aliphatic carbocycles. The number of rotatable bonds is 4. The fourth-order valence-corrected chi connectivity index (χ4v) is 3.65. The maximum atomic E-state index is 12.6. The van der Waals surface area contributed by atoms with E-state index >= 15 is 0 Å². The normalized spacial score (nSPS) is 23.5. The first-order chi connectivity index (χ1) is 11.4. The monoisotopic (exact) mass is 347 g/mol. The Bertz CT molecular complexity index is 889. The lowest BCUT2D eigenvalue weighted by Crippen LogP contribution is -2.46. The molecule has 128 valence electrons. The van der Waals surface area contributed by atoms with Crippen LogP contribution in [0.2, 0.25) is 0 Å². The van der Waals surface area contributed by atoms with Crippen LogP contribution >= 0.6 is 12.2 Å². The number of aromatic nitrogens is 2. The van der Waals surface area contributed by atoms with E-state index < -0.39 is 0 Å². The predicted octanol–water partition coefficient (Wildman–Crippen LogP) is 1.73.